The lowest BCUT2D eigenvalue weighted by Crippen LogP contribution is -2.24. The number of benzene rings is 1. The maximum atomic E-state index is 12.7. The number of aryl methyl sites for hydroxylation is 3. The molecule has 24 heavy (non-hydrogen) atoms. The predicted octanol–water partition coefficient (Wildman–Crippen LogP) is 3.29. The Morgan fingerprint density at radius 2 is 1.83 bits per heavy atom. The van der Waals surface area contributed by atoms with E-state index in [1.54, 1.807) is 18.3 Å². The summed E-state index contributed by atoms with van der Waals surface area (Å²) in [6.07, 6.45) is 1.58. The van der Waals surface area contributed by atoms with Crippen LogP contribution >= 0.6 is 0 Å². The first kappa shape index (κ1) is 15.9. The Labute approximate surface area is 140 Å². The number of nitrogens with one attached hydrogen (secondary N) is 1. The molecule has 0 bridgehead atoms. The van der Waals surface area contributed by atoms with Crippen LogP contribution in [0.15, 0.2) is 47.4 Å². The fourth-order valence-corrected chi connectivity index (χ4v) is 2.60. The van der Waals surface area contributed by atoms with E-state index in [1.165, 1.54) is 0 Å². The number of carbonyl (C=O) groups is 1. The van der Waals surface area contributed by atoms with Crippen molar-refractivity contribution in [2.24, 2.45) is 0 Å². The maximum Gasteiger partial charge on any atom is 0.261 e. The number of rotatable bonds is 3. The molecule has 2 aromatic heterocycles. The molecule has 3 rings (SSSR count). The molecular formula is C19H19N3O2. The van der Waals surface area contributed by atoms with Crippen molar-refractivity contribution in [2.45, 2.75) is 27.3 Å². The summed E-state index contributed by atoms with van der Waals surface area (Å²) >= 11 is 0. The number of anilines is 1. The first-order valence-electron chi connectivity index (χ1n) is 7.88. The van der Waals surface area contributed by atoms with Gasteiger partial charge in [0.25, 0.3) is 5.91 Å². The van der Waals surface area contributed by atoms with Crippen molar-refractivity contribution in [3.63, 3.8) is 0 Å². The third-order valence-corrected chi connectivity index (χ3v) is 3.96. The van der Waals surface area contributed by atoms with E-state index in [0.717, 1.165) is 11.3 Å². The number of nitrogens with zero attached hydrogens (tertiary/aromatic N) is 2. The van der Waals surface area contributed by atoms with Gasteiger partial charge < -0.3 is 9.88 Å². The van der Waals surface area contributed by atoms with Gasteiger partial charge in [-0.2, -0.15) is 0 Å². The Morgan fingerprint density at radius 1 is 1.12 bits per heavy atom. The van der Waals surface area contributed by atoms with Crippen molar-refractivity contribution in [1.82, 2.24) is 9.55 Å². The number of hydrogen-bond donors (Lipinski definition) is 1. The number of amides is 1. The van der Waals surface area contributed by atoms with Gasteiger partial charge in [-0.05, 0) is 45.0 Å². The average molecular weight is 321 g/mol. The monoisotopic (exact) mass is 321 g/mol. The number of carbonyl (C=O) groups excluding carboxylic acids is 1. The van der Waals surface area contributed by atoms with Crippen molar-refractivity contribution < 1.29 is 4.79 Å². The lowest BCUT2D eigenvalue weighted by atomic mass is 10.1. The van der Waals surface area contributed by atoms with Crippen LogP contribution < -0.4 is 10.7 Å². The minimum absolute atomic E-state index is 0.121. The SMILES string of the molecule is CCn1cc(C(=O)Nc2ccc(C)cc2)c(=O)c2ccc(C)nc21. The van der Waals surface area contributed by atoms with Crippen LogP contribution in [0.3, 0.4) is 0 Å². The molecular weight excluding hydrogens is 302 g/mol. The van der Waals surface area contributed by atoms with Gasteiger partial charge in [0.15, 0.2) is 0 Å². The van der Waals surface area contributed by atoms with E-state index in [9.17, 15) is 9.59 Å². The minimum atomic E-state index is -0.409. The van der Waals surface area contributed by atoms with E-state index in [0.29, 0.717) is 23.3 Å². The van der Waals surface area contributed by atoms with Crippen molar-refractivity contribution in [3.8, 4) is 0 Å². The van der Waals surface area contributed by atoms with Crippen LogP contribution in [0.5, 0.6) is 0 Å². The summed E-state index contributed by atoms with van der Waals surface area (Å²) in [7, 11) is 0. The molecule has 122 valence electrons. The number of pyridine rings is 2. The molecule has 2 heterocycles. The van der Waals surface area contributed by atoms with E-state index in [2.05, 4.69) is 10.3 Å². The molecule has 0 atom stereocenters. The van der Waals surface area contributed by atoms with Gasteiger partial charge in [-0.3, -0.25) is 9.59 Å². The standard InChI is InChI=1S/C19H19N3O2/c1-4-22-11-16(17(23)15-10-7-13(3)20-18(15)22)19(24)21-14-8-5-12(2)6-9-14/h5-11H,4H2,1-3H3,(H,21,24). The van der Waals surface area contributed by atoms with Crippen LogP contribution in [-0.2, 0) is 6.54 Å². The van der Waals surface area contributed by atoms with Gasteiger partial charge in [-0.1, -0.05) is 17.7 Å². The highest BCUT2D eigenvalue weighted by molar-refractivity contribution is 6.05. The van der Waals surface area contributed by atoms with Crippen LogP contribution in [-0.4, -0.2) is 15.5 Å². The van der Waals surface area contributed by atoms with Gasteiger partial charge in [0.2, 0.25) is 5.43 Å². The molecule has 0 radical (unpaired) electrons. The normalized spacial score (nSPS) is 10.8. The van der Waals surface area contributed by atoms with E-state index >= 15 is 0 Å². The third-order valence-electron chi connectivity index (χ3n) is 3.96. The van der Waals surface area contributed by atoms with Crippen molar-refractivity contribution in [2.75, 3.05) is 5.32 Å². The fraction of sp³-hybridized carbons (Fsp3) is 0.211. The van der Waals surface area contributed by atoms with Crippen molar-refractivity contribution in [3.05, 3.63) is 69.6 Å². The second-order valence-electron chi connectivity index (χ2n) is 5.80. The van der Waals surface area contributed by atoms with E-state index in [1.807, 2.05) is 49.6 Å². The summed E-state index contributed by atoms with van der Waals surface area (Å²) in [5, 5.41) is 3.24. The van der Waals surface area contributed by atoms with E-state index in [-0.39, 0.29) is 11.0 Å². The summed E-state index contributed by atoms with van der Waals surface area (Å²) in [4.78, 5) is 29.7. The first-order valence-corrected chi connectivity index (χ1v) is 7.88. The number of fused-ring (bicyclic) bond motifs is 1. The highest BCUT2D eigenvalue weighted by Crippen LogP contribution is 2.13. The zero-order valence-electron chi connectivity index (χ0n) is 14.0. The maximum absolute atomic E-state index is 12.7. The average Bonchev–Trinajstić information content (AvgIpc) is 2.57. The molecule has 5 nitrogen and oxygen atoms in total. The number of hydrogen-bond acceptors (Lipinski definition) is 3. The summed E-state index contributed by atoms with van der Waals surface area (Å²) in [5.41, 5.74) is 3.03. The van der Waals surface area contributed by atoms with Gasteiger partial charge in [0.1, 0.15) is 11.2 Å². The minimum Gasteiger partial charge on any atom is -0.332 e. The van der Waals surface area contributed by atoms with Crippen LogP contribution in [0.4, 0.5) is 5.69 Å². The van der Waals surface area contributed by atoms with Crippen LogP contribution in [0, 0.1) is 13.8 Å². The van der Waals surface area contributed by atoms with Crippen molar-refractivity contribution >= 4 is 22.6 Å². The molecule has 1 amide bonds. The second kappa shape index (κ2) is 6.28. The van der Waals surface area contributed by atoms with Gasteiger partial charge in [0.05, 0.1) is 5.39 Å². The fourth-order valence-electron chi connectivity index (χ4n) is 2.60. The van der Waals surface area contributed by atoms with Crippen LogP contribution in [0.25, 0.3) is 11.0 Å². The molecule has 0 saturated heterocycles. The highest BCUT2D eigenvalue weighted by Gasteiger charge is 2.16. The van der Waals surface area contributed by atoms with Gasteiger partial charge in [-0.25, -0.2) is 4.98 Å². The van der Waals surface area contributed by atoms with Crippen molar-refractivity contribution in [1.29, 1.82) is 0 Å². The lowest BCUT2D eigenvalue weighted by Gasteiger charge is -2.11. The Balaban J connectivity index is 2.07. The highest BCUT2D eigenvalue weighted by atomic mass is 16.2. The quantitative estimate of drug-likeness (QED) is 0.805. The molecule has 0 unspecified atom stereocenters. The van der Waals surface area contributed by atoms with Gasteiger partial charge in [-0.15, -0.1) is 0 Å². The smallest absolute Gasteiger partial charge is 0.261 e. The molecule has 0 aliphatic rings. The molecule has 3 aromatic rings. The Bertz CT molecular complexity index is 972. The van der Waals surface area contributed by atoms with E-state index in [4.69, 9.17) is 0 Å². The molecule has 1 aromatic carbocycles. The first-order chi connectivity index (χ1) is 11.5. The van der Waals surface area contributed by atoms with Gasteiger partial charge in [0, 0.05) is 24.1 Å². The Morgan fingerprint density at radius 3 is 2.50 bits per heavy atom. The number of aromatic nitrogens is 2. The summed E-state index contributed by atoms with van der Waals surface area (Å²) < 4.78 is 1.83. The topological polar surface area (TPSA) is 64.0 Å². The molecule has 0 fully saturated rings. The molecule has 1 N–H and O–H groups in total. The third kappa shape index (κ3) is 2.93. The molecule has 5 heteroatoms. The molecule has 0 aliphatic heterocycles. The second-order valence-corrected chi connectivity index (χ2v) is 5.80. The lowest BCUT2D eigenvalue weighted by molar-refractivity contribution is 0.102. The van der Waals surface area contributed by atoms with Gasteiger partial charge >= 0.3 is 0 Å². The zero-order chi connectivity index (χ0) is 17.3. The molecule has 0 spiro atoms. The largest absolute Gasteiger partial charge is 0.332 e. The van der Waals surface area contributed by atoms with Crippen LogP contribution in [0.2, 0.25) is 0 Å². The summed E-state index contributed by atoms with van der Waals surface area (Å²) in [6, 6.07) is 11.0. The summed E-state index contributed by atoms with van der Waals surface area (Å²) in [5.74, 6) is -0.409. The molecule has 0 aliphatic carbocycles. The zero-order valence-corrected chi connectivity index (χ0v) is 14.0. The van der Waals surface area contributed by atoms with Crippen LogP contribution in [0.1, 0.15) is 28.5 Å². The Hall–Kier alpha value is -2.95. The summed E-state index contributed by atoms with van der Waals surface area (Å²) in [6.45, 7) is 6.43. The predicted molar refractivity (Wildman–Crippen MR) is 95.5 cm³/mol. The van der Waals surface area contributed by atoms with E-state index < -0.39 is 5.91 Å². The Kier molecular flexibility index (Phi) is 4.16. The molecule has 0 saturated carbocycles.